The van der Waals surface area contributed by atoms with Gasteiger partial charge in [0, 0.05) is 30.6 Å². The minimum absolute atomic E-state index is 0.173. The second kappa shape index (κ2) is 8.13. The maximum Gasteiger partial charge on any atom is 0.315 e. The first kappa shape index (κ1) is 16.7. The summed E-state index contributed by atoms with van der Waals surface area (Å²) < 4.78 is 0. The number of thiophene rings is 1. The standard InChI is InChI=1S/C17H27N3O2S/c21-15(16-6-3-9-23-16)10-18-17(22)19-14-7-8-20(12-14)11-13-4-1-2-5-13/h3,6,9,13-15,21H,1-2,4-5,7-8,10-12H2,(H2,18,19,22). The molecule has 0 spiro atoms. The number of carbonyl (C=O) groups excluding carboxylic acids is 1. The molecule has 128 valence electrons. The van der Waals surface area contributed by atoms with E-state index in [0.717, 1.165) is 30.3 Å². The van der Waals surface area contributed by atoms with E-state index >= 15 is 0 Å². The molecule has 2 heterocycles. The van der Waals surface area contributed by atoms with Crippen LogP contribution in [0, 0.1) is 5.92 Å². The first-order valence-electron chi connectivity index (χ1n) is 8.69. The topological polar surface area (TPSA) is 64.6 Å². The lowest BCUT2D eigenvalue weighted by atomic mass is 10.1. The zero-order chi connectivity index (χ0) is 16.1. The van der Waals surface area contributed by atoms with Crippen molar-refractivity contribution in [3.8, 4) is 0 Å². The van der Waals surface area contributed by atoms with Gasteiger partial charge in [0.15, 0.2) is 0 Å². The summed E-state index contributed by atoms with van der Waals surface area (Å²) in [5.74, 6) is 0.864. The van der Waals surface area contributed by atoms with Gasteiger partial charge in [0.05, 0.1) is 6.54 Å². The second-order valence-electron chi connectivity index (χ2n) is 6.78. The van der Waals surface area contributed by atoms with Crippen molar-refractivity contribution in [1.82, 2.24) is 15.5 Å². The number of rotatable bonds is 6. The fraction of sp³-hybridized carbons (Fsp3) is 0.706. The van der Waals surface area contributed by atoms with Gasteiger partial charge in [-0.3, -0.25) is 0 Å². The number of nitrogens with one attached hydrogen (secondary N) is 2. The molecule has 2 unspecified atom stereocenters. The molecular formula is C17H27N3O2S. The summed E-state index contributed by atoms with van der Waals surface area (Å²) >= 11 is 1.50. The monoisotopic (exact) mass is 337 g/mol. The summed E-state index contributed by atoms with van der Waals surface area (Å²) in [5, 5.41) is 17.7. The Labute approximate surface area is 142 Å². The third-order valence-electron chi connectivity index (χ3n) is 4.93. The average Bonchev–Trinajstić information content (AvgIpc) is 3.28. The third-order valence-corrected chi connectivity index (χ3v) is 5.90. The highest BCUT2D eigenvalue weighted by atomic mass is 32.1. The van der Waals surface area contributed by atoms with Gasteiger partial charge in [-0.15, -0.1) is 11.3 Å². The van der Waals surface area contributed by atoms with Crippen LogP contribution in [0.1, 0.15) is 43.1 Å². The minimum Gasteiger partial charge on any atom is -0.386 e. The van der Waals surface area contributed by atoms with E-state index in [0.29, 0.717) is 0 Å². The molecule has 3 N–H and O–H groups in total. The lowest BCUT2D eigenvalue weighted by Gasteiger charge is -2.20. The van der Waals surface area contributed by atoms with E-state index in [2.05, 4.69) is 15.5 Å². The molecule has 0 aromatic carbocycles. The fourth-order valence-electron chi connectivity index (χ4n) is 3.68. The van der Waals surface area contributed by atoms with Crippen molar-refractivity contribution in [2.75, 3.05) is 26.2 Å². The summed E-state index contributed by atoms with van der Waals surface area (Å²) in [7, 11) is 0. The molecule has 5 nitrogen and oxygen atoms in total. The number of likely N-dealkylation sites (tertiary alicyclic amines) is 1. The quantitative estimate of drug-likeness (QED) is 0.746. The molecule has 1 aliphatic heterocycles. The van der Waals surface area contributed by atoms with Gasteiger partial charge in [-0.1, -0.05) is 18.9 Å². The highest BCUT2D eigenvalue weighted by Gasteiger charge is 2.27. The molecule has 1 saturated heterocycles. The molecule has 2 aliphatic rings. The van der Waals surface area contributed by atoms with Crippen molar-refractivity contribution >= 4 is 17.4 Å². The third kappa shape index (κ3) is 4.93. The molecule has 1 aromatic rings. The Kier molecular flexibility index (Phi) is 5.91. The average molecular weight is 337 g/mol. The van der Waals surface area contributed by atoms with Crippen LogP contribution in [0.3, 0.4) is 0 Å². The number of urea groups is 1. The maximum atomic E-state index is 12.0. The van der Waals surface area contributed by atoms with Crippen molar-refractivity contribution in [2.24, 2.45) is 5.92 Å². The van der Waals surface area contributed by atoms with E-state index in [1.165, 1.54) is 43.6 Å². The van der Waals surface area contributed by atoms with Gasteiger partial charge in [0.2, 0.25) is 0 Å². The van der Waals surface area contributed by atoms with E-state index in [1.54, 1.807) is 0 Å². The van der Waals surface area contributed by atoms with Crippen LogP contribution in [0.2, 0.25) is 0 Å². The highest BCUT2D eigenvalue weighted by molar-refractivity contribution is 7.10. The Balaban J connectivity index is 1.34. The number of nitrogens with zero attached hydrogens (tertiary/aromatic N) is 1. The summed E-state index contributed by atoms with van der Waals surface area (Å²) in [6.45, 7) is 3.48. The molecular weight excluding hydrogens is 310 g/mol. The summed E-state index contributed by atoms with van der Waals surface area (Å²) in [5.41, 5.74) is 0. The second-order valence-corrected chi connectivity index (χ2v) is 7.76. The zero-order valence-electron chi connectivity index (χ0n) is 13.5. The molecule has 23 heavy (non-hydrogen) atoms. The van der Waals surface area contributed by atoms with Crippen LogP contribution >= 0.6 is 11.3 Å². The fourth-order valence-corrected chi connectivity index (χ4v) is 4.39. The number of aliphatic hydroxyl groups is 1. The Morgan fingerprint density at radius 2 is 2.22 bits per heavy atom. The molecule has 0 bridgehead atoms. The highest BCUT2D eigenvalue weighted by Crippen LogP contribution is 2.26. The number of amides is 2. The van der Waals surface area contributed by atoms with Crippen molar-refractivity contribution in [3.63, 3.8) is 0 Å². The summed E-state index contributed by atoms with van der Waals surface area (Å²) in [6, 6.07) is 3.84. The predicted octanol–water partition coefficient (Wildman–Crippen LogP) is 2.35. The molecule has 1 saturated carbocycles. The summed E-state index contributed by atoms with van der Waals surface area (Å²) in [4.78, 5) is 15.3. The number of carbonyl (C=O) groups is 1. The smallest absolute Gasteiger partial charge is 0.315 e. The maximum absolute atomic E-state index is 12.0. The van der Waals surface area contributed by atoms with Crippen molar-refractivity contribution in [1.29, 1.82) is 0 Å². The van der Waals surface area contributed by atoms with Crippen molar-refractivity contribution in [3.05, 3.63) is 22.4 Å². The minimum atomic E-state index is -0.622. The van der Waals surface area contributed by atoms with Gasteiger partial charge < -0.3 is 20.6 Å². The zero-order valence-corrected chi connectivity index (χ0v) is 14.4. The van der Waals surface area contributed by atoms with E-state index in [1.807, 2.05) is 17.5 Å². The van der Waals surface area contributed by atoms with Gasteiger partial charge in [-0.05, 0) is 36.6 Å². The van der Waals surface area contributed by atoms with Gasteiger partial charge in [0.1, 0.15) is 6.10 Å². The van der Waals surface area contributed by atoms with Crippen LogP contribution in [0.4, 0.5) is 4.79 Å². The molecule has 1 aliphatic carbocycles. The Hall–Kier alpha value is -1.11. The van der Waals surface area contributed by atoms with Crippen LogP contribution in [0.25, 0.3) is 0 Å². The Morgan fingerprint density at radius 1 is 1.39 bits per heavy atom. The molecule has 2 amide bonds. The van der Waals surface area contributed by atoms with E-state index < -0.39 is 6.10 Å². The molecule has 0 radical (unpaired) electrons. The van der Waals surface area contributed by atoms with Gasteiger partial charge >= 0.3 is 6.03 Å². The molecule has 2 atom stereocenters. The van der Waals surface area contributed by atoms with Crippen LogP contribution < -0.4 is 10.6 Å². The molecule has 3 rings (SSSR count). The first-order valence-corrected chi connectivity index (χ1v) is 9.57. The lowest BCUT2D eigenvalue weighted by molar-refractivity contribution is 0.175. The van der Waals surface area contributed by atoms with E-state index in [-0.39, 0.29) is 18.6 Å². The van der Waals surface area contributed by atoms with Crippen molar-refractivity contribution in [2.45, 2.75) is 44.2 Å². The van der Waals surface area contributed by atoms with Crippen LogP contribution in [0.5, 0.6) is 0 Å². The SMILES string of the molecule is O=C(NCC(O)c1cccs1)NC1CCN(CC2CCCC2)C1. The van der Waals surface area contributed by atoms with Gasteiger partial charge in [-0.2, -0.15) is 0 Å². The van der Waals surface area contributed by atoms with Crippen LogP contribution in [-0.2, 0) is 0 Å². The summed E-state index contributed by atoms with van der Waals surface area (Å²) in [6.07, 6.45) is 5.91. The number of hydrogen-bond acceptors (Lipinski definition) is 4. The van der Waals surface area contributed by atoms with Crippen LogP contribution in [-0.4, -0.2) is 48.3 Å². The van der Waals surface area contributed by atoms with Gasteiger partial charge in [-0.25, -0.2) is 4.79 Å². The first-order chi connectivity index (χ1) is 11.2. The van der Waals surface area contributed by atoms with E-state index in [9.17, 15) is 9.90 Å². The molecule has 6 heteroatoms. The van der Waals surface area contributed by atoms with E-state index in [4.69, 9.17) is 0 Å². The number of hydrogen-bond donors (Lipinski definition) is 3. The normalized spacial score (nSPS) is 24.0. The predicted molar refractivity (Wildman–Crippen MR) is 92.6 cm³/mol. The molecule has 1 aromatic heterocycles. The van der Waals surface area contributed by atoms with Crippen LogP contribution in [0.15, 0.2) is 17.5 Å². The van der Waals surface area contributed by atoms with Gasteiger partial charge in [0.25, 0.3) is 0 Å². The number of aliphatic hydroxyl groups excluding tert-OH is 1. The molecule has 2 fully saturated rings. The lowest BCUT2D eigenvalue weighted by Crippen LogP contribution is -2.44. The largest absolute Gasteiger partial charge is 0.386 e. The Morgan fingerprint density at radius 3 is 2.96 bits per heavy atom. The Bertz CT molecular complexity index is 488. The van der Waals surface area contributed by atoms with Crippen molar-refractivity contribution < 1.29 is 9.90 Å².